The molecule has 0 bridgehead atoms. The van der Waals surface area contributed by atoms with E-state index in [4.69, 9.17) is 0 Å². The lowest BCUT2D eigenvalue weighted by molar-refractivity contribution is -0.127. The summed E-state index contributed by atoms with van der Waals surface area (Å²) in [4.78, 5) is 31.1. The van der Waals surface area contributed by atoms with E-state index >= 15 is 0 Å². The number of rotatable bonds is 7. The topological polar surface area (TPSA) is 62.3 Å². The summed E-state index contributed by atoms with van der Waals surface area (Å²) in [6.07, 6.45) is 6.72. The van der Waals surface area contributed by atoms with Gasteiger partial charge in [0, 0.05) is 25.0 Å². The number of amides is 2. The van der Waals surface area contributed by atoms with Crippen LogP contribution in [0.15, 0.2) is 37.2 Å². The third-order valence-corrected chi connectivity index (χ3v) is 3.70. The highest BCUT2D eigenvalue weighted by Crippen LogP contribution is 2.32. The summed E-state index contributed by atoms with van der Waals surface area (Å²) in [5.74, 6) is -0.215. The van der Waals surface area contributed by atoms with Crippen LogP contribution in [-0.4, -0.2) is 40.3 Å². The van der Waals surface area contributed by atoms with Crippen LogP contribution in [0, 0.1) is 5.92 Å². The third-order valence-electron chi connectivity index (χ3n) is 3.70. The van der Waals surface area contributed by atoms with Gasteiger partial charge < -0.3 is 10.2 Å². The average molecular weight is 301 g/mol. The molecule has 0 saturated heterocycles. The Morgan fingerprint density at radius 1 is 1.50 bits per heavy atom. The minimum Gasteiger partial charge on any atom is -0.351 e. The molecule has 1 fully saturated rings. The fourth-order valence-electron chi connectivity index (χ4n) is 2.54. The summed E-state index contributed by atoms with van der Waals surface area (Å²) < 4.78 is 0. The van der Waals surface area contributed by atoms with Crippen LogP contribution in [0.3, 0.4) is 0 Å². The smallest absolute Gasteiger partial charge is 0.256 e. The van der Waals surface area contributed by atoms with Gasteiger partial charge in [-0.2, -0.15) is 0 Å². The van der Waals surface area contributed by atoms with Crippen molar-refractivity contribution in [2.24, 2.45) is 5.92 Å². The quantitative estimate of drug-likeness (QED) is 0.784. The van der Waals surface area contributed by atoms with Gasteiger partial charge in [0.2, 0.25) is 5.91 Å². The number of nitrogens with one attached hydrogen (secondary N) is 1. The molecule has 5 heteroatoms. The van der Waals surface area contributed by atoms with Crippen LogP contribution in [0.5, 0.6) is 0 Å². The van der Waals surface area contributed by atoms with Crippen LogP contribution < -0.4 is 5.32 Å². The molecule has 1 aliphatic carbocycles. The van der Waals surface area contributed by atoms with Crippen molar-refractivity contribution < 1.29 is 9.59 Å². The zero-order chi connectivity index (χ0) is 16.1. The molecule has 1 aliphatic rings. The van der Waals surface area contributed by atoms with Crippen molar-refractivity contribution in [2.45, 2.75) is 38.8 Å². The molecule has 1 atom stereocenters. The first-order chi connectivity index (χ1) is 10.6. The summed E-state index contributed by atoms with van der Waals surface area (Å²) in [6.45, 7) is 7.94. The molecule has 0 radical (unpaired) electrons. The molecule has 2 rings (SSSR count). The Balaban J connectivity index is 2.25. The van der Waals surface area contributed by atoms with Gasteiger partial charge in [-0.3, -0.25) is 14.6 Å². The lowest BCUT2D eigenvalue weighted by Crippen LogP contribution is -2.53. The molecule has 1 aromatic rings. The highest BCUT2D eigenvalue weighted by Gasteiger charge is 2.42. The Hall–Kier alpha value is -2.17. The van der Waals surface area contributed by atoms with Gasteiger partial charge in [-0.05, 0) is 30.9 Å². The molecule has 22 heavy (non-hydrogen) atoms. The molecule has 0 aliphatic heterocycles. The van der Waals surface area contributed by atoms with Crippen molar-refractivity contribution in [3.05, 3.63) is 42.7 Å². The molecular weight excluding hydrogens is 278 g/mol. The molecule has 1 heterocycles. The van der Waals surface area contributed by atoms with Crippen LogP contribution in [0.4, 0.5) is 0 Å². The first-order valence-electron chi connectivity index (χ1n) is 7.67. The SMILES string of the molecule is C=CCNC(=O)C(C(C)C)N(C(=O)c1cccnc1)C1CC1. The van der Waals surface area contributed by atoms with Crippen LogP contribution in [0.25, 0.3) is 0 Å². The lowest BCUT2D eigenvalue weighted by Gasteiger charge is -2.33. The van der Waals surface area contributed by atoms with Crippen molar-refractivity contribution in [3.63, 3.8) is 0 Å². The van der Waals surface area contributed by atoms with Crippen LogP contribution in [-0.2, 0) is 4.79 Å². The Kier molecular flexibility index (Phi) is 5.31. The van der Waals surface area contributed by atoms with Crippen molar-refractivity contribution in [1.29, 1.82) is 0 Å². The van der Waals surface area contributed by atoms with Gasteiger partial charge in [-0.1, -0.05) is 19.9 Å². The zero-order valence-corrected chi connectivity index (χ0v) is 13.2. The second kappa shape index (κ2) is 7.20. The minimum atomic E-state index is -0.472. The highest BCUT2D eigenvalue weighted by atomic mass is 16.2. The zero-order valence-electron chi connectivity index (χ0n) is 13.2. The maximum Gasteiger partial charge on any atom is 0.256 e. The van der Waals surface area contributed by atoms with Crippen LogP contribution in [0.2, 0.25) is 0 Å². The fraction of sp³-hybridized carbons (Fsp3) is 0.471. The fourth-order valence-corrected chi connectivity index (χ4v) is 2.54. The van der Waals surface area contributed by atoms with E-state index in [1.54, 1.807) is 35.5 Å². The van der Waals surface area contributed by atoms with E-state index in [2.05, 4.69) is 16.9 Å². The van der Waals surface area contributed by atoms with Gasteiger partial charge in [0.15, 0.2) is 0 Å². The molecule has 1 saturated carbocycles. The van der Waals surface area contributed by atoms with Gasteiger partial charge in [-0.25, -0.2) is 0 Å². The summed E-state index contributed by atoms with van der Waals surface area (Å²) in [5, 5.41) is 2.82. The summed E-state index contributed by atoms with van der Waals surface area (Å²) in [6, 6.07) is 3.15. The number of nitrogens with zero attached hydrogens (tertiary/aromatic N) is 2. The number of pyridine rings is 1. The van der Waals surface area contributed by atoms with Crippen molar-refractivity contribution in [3.8, 4) is 0 Å². The Morgan fingerprint density at radius 3 is 2.73 bits per heavy atom. The van der Waals surface area contributed by atoms with Crippen LogP contribution >= 0.6 is 0 Å². The molecule has 5 nitrogen and oxygen atoms in total. The van der Waals surface area contributed by atoms with E-state index in [-0.39, 0.29) is 23.8 Å². The normalized spacial score (nSPS) is 15.2. The minimum absolute atomic E-state index is 0.0334. The average Bonchev–Trinajstić information content (AvgIpc) is 3.34. The van der Waals surface area contributed by atoms with E-state index < -0.39 is 6.04 Å². The van der Waals surface area contributed by atoms with E-state index in [9.17, 15) is 9.59 Å². The standard InChI is InChI=1S/C17H23N3O2/c1-4-9-19-16(21)15(12(2)3)20(14-7-8-14)17(22)13-6-5-10-18-11-13/h4-6,10-12,14-15H,1,7-9H2,2-3H3,(H,19,21). The third kappa shape index (κ3) is 3.72. The first kappa shape index (κ1) is 16.2. The summed E-state index contributed by atoms with van der Waals surface area (Å²) >= 11 is 0. The van der Waals surface area contributed by atoms with Crippen molar-refractivity contribution in [1.82, 2.24) is 15.2 Å². The molecule has 1 unspecified atom stereocenters. The van der Waals surface area contributed by atoms with E-state index in [1.807, 2.05) is 13.8 Å². The van der Waals surface area contributed by atoms with E-state index in [0.717, 1.165) is 12.8 Å². The Morgan fingerprint density at radius 2 is 2.23 bits per heavy atom. The first-order valence-corrected chi connectivity index (χ1v) is 7.67. The molecular formula is C17H23N3O2. The van der Waals surface area contributed by atoms with Crippen molar-refractivity contribution >= 4 is 11.8 Å². The van der Waals surface area contributed by atoms with Gasteiger partial charge in [0.1, 0.15) is 6.04 Å². The number of aromatic nitrogens is 1. The second-order valence-corrected chi connectivity index (χ2v) is 5.91. The monoisotopic (exact) mass is 301 g/mol. The molecule has 0 spiro atoms. The van der Waals surface area contributed by atoms with E-state index in [0.29, 0.717) is 12.1 Å². The molecule has 118 valence electrons. The molecule has 1 aromatic heterocycles. The summed E-state index contributed by atoms with van der Waals surface area (Å²) in [5.41, 5.74) is 0.525. The Labute approximate surface area is 131 Å². The van der Waals surface area contributed by atoms with Gasteiger partial charge in [-0.15, -0.1) is 6.58 Å². The number of hydrogen-bond donors (Lipinski definition) is 1. The van der Waals surface area contributed by atoms with Gasteiger partial charge in [0.05, 0.1) is 5.56 Å². The summed E-state index contributed by atoms with van der Waals surface area (Å²) in [7, 11) is 0. The number of carbonyl (C=O) groups excluding carboxylic acids is 2. The highest BCUT2D eigenvalue weighted by molar-refractivity contribution is 5.97. The maximum atomic E-state index is 12.8. The molecule has 0 aromatic carbocycles. The van der Waals surface area contributed by atoms with Gasteiger partial charge >= 0.3 is 0 Å². The van der Waals surface area contributed by atoms with E-state index in [1.165, 1.54) is 0 Å². The lowest BCUT2D eigenvalue weighted by atomic mass is 10.00. The molecule has 2 amide bonds. The maximum absolute atomic E-state index is 12.8. The van der Waals surface area contributed by atoms with Crippen molar-refractivity contribution in [2.75, 3.05) is 6.54 Å². The van der Waals surface area contributed by atoms with Gasteiger partial charge in [0.25, 0.3) is 5.91 Å². The molecule has 1 N–H and O–H groups in total. The second-order valence-electron chi connectivity index (χ2n) is 5.91. The number of carbonyl (C=O) groups is 2. The Bertz CT molecular complexity index is 538. The number of hydrogen-bond acceptors (Lipinski definition) is 3. The largest absolute Gasteiger partial charge is 0.351 e. The predicted octanol–water partition coefficient (Wildman–Crippen LogP) is 2.01. The van der Waals surface area contributed by atoms with Crippen LogP contribution in [0.1, 0.15) is 37.0 Å². The predicted molar refractivity (Wildman–Crippen MR) is 85.3 cm³/mol.